The minimum atomic E-state index is -0.285. The molecule has 0 saturated heterocycles. The number of aromatic nitrogens is 4. The van der Waals surface area contributed by atoms with Crippen LogP contribution in [0, 0.1) is 0 Å². The number of ether oxygens (including phenoxy) is 1. The molecule has 0 N–H and O–H groups in total. The van der Waals surface area contributed by atoms with Crippen molar-refractivity contribution in [2.24, 2.45) is 0 Å². The summed E-state index contributed by atoms with van der Waals surface area (Å²) in [6.45, 7) is 0.315. The molecule has 1 heterocycles. The van der Waals surface area contributed by atoms with Crippen LogP contribution in [0.4, 0.5) is 0 Å². The molecule has 0 fully saturated rings. The van der Waals surface area contributed by atoms with Gasteiger partial charge >= 0.3 is 5.69 Å². The van der Waals surface area contributed by atoms with Crippen molar-refractivity contribution < 1.29 is 4.74 Å². The number of rotatable bonds is 4. The summed E-state index contributed by atoms with van der Waals surface area (Å²) >= 11 is 0. The van der Waals surface area contributed by atoms with Crippen LogP contribution in [0.5, 0.6) is 5.75 Å². The maximum absolute atomic E-state index is 12.3. The first-order valence-corrected chi connectivity index (χ1v) is 6.50. The van der Waals surface area contributed by atoms with Crippen molar-refractivity contribution in [3.63, 3.8) is 0 Å². The molecule has 0 unspecified atom stereocenters. The fourth-order valence-electron chi connectivity index (χ4n) is 2.10. The van der Waals surface area contributed by atoms with Crippen LogP contribution >= 0.6 is 0 Å². The molecule has 2 aromatic carbocycles. The van der Waals surface area contributed by atoms with Gasteiger partial charge in [0.25, 0.3) is 0 Å². The Morgan fingerprint density at radius 2 is 1.71 bits per heavy atom. The average molecular weight is 282 g/mol. The molecule has 0 saturated carbocycles. The normalized spacial score (nSPS) is 10.5. The molecule has 0 atom stereocenters. The van der Waals surface area contributed by atoms with Gasteiger partial charge in [-0.25, -0.2) is 4.79 Å². The zero-order chi connectivity index (χ0) is 14.7. The monoisotopic (exact) mass is 282 g/mol. The lowest BCUT2D eigenvalue weighted by atomic mass is 10.2. The number of methoxy groups -OCH3 is 1. The molecule has 1 aromatic heterocycles. The maximum Gasteiger partial charge on any atom is 0.368 e. The largest absolute Gasteiger partial charge is 0.496 e. The Bertz CT molecular complexity index is 793. The van der Waals surface area contributed by atoms with E-state index in [0.29, 0.717) is 12.2 Å². The molecule has 6 nitrogen and oxygen atoms in total. The van der Waals surface area contributed by atoms with E-state index in [0.717, 1.165) is 11.3 Å². The molecular formula is C15H14N4O2. The lowest BCUT2D eigenvalue weighted by Gasteiger charge is -2.06. The van der Waals surface area contributed by atoms with Gasteiger partial charge in [-0.3, -0.25) is 0 Å². The van der Waals surface area contributed by atoms with Gasteiger partial charge in [-0.15, -0.1) is 0 Å². The highest BCUT2D eigenvalue weighted by Crippen LogP contribution is 2.17. The second-order valence-corrected chi connectivity index (χ2v) is 4.48. The molecular weight excluding hydrogens is 268 g/mol. The number of tetrazole rings is 1. The van der Waals surface area contributed by atoms with Gasteiger partial charge < -0.3 is 4.74 Å². The van der Waals surface area contributed by atoms with Crippen molar-refractivity contribution in [2.45, 2.75) is 6.54 Å². The fourth-order valence-corrected chi connectivity index (χ4v) is 2.10. The zero-order valence-corrected chi connectivity index (χ0v) is 11.5. The summed E-state index contributed by atoms with van der Waals surface area (Å²) in [5.74, 6) is 0.721. The Morgan fingerprint density at radius 1 is 1.00 bits per heavy atom. The van der Waals surface area contributed by atoms with Gasteiger partial charge in [-0.2, -0.15) is 9.36 Å². The van der Waals surface area contributed by atoms with Crippen LogP contribution in [0.2, 0.25) is 0 Å². The topological polar surface area (TPSA) is 61.9 Å². The molecule has 0 bridgehead atoms. The Kier molecular flexibility index (Phi) is 3.51. The molecule has 21 heavy (non-hydrogen) atoms. The number of benzene rings is 2. The summed E-state index contributed by atoms with van der Waals surface area (Å²) in [4.78, 5) is 12.3. The summed E-state index contributed by atoms with van der Waals surface area (Å²) in [6, 6.07) is 16.7. The second-order valence-electron chi connectivity index (χ2n) is 4.48. The Hall–Kier alpha value is -2.89. The summed E-state index contributed by atoms with van der Waals surface area (Å²) in [7, 11) is 1.60. The third-order valence-corrected chi connectivity index (χ3v) is 3.15. The molecule has 0 amide bonds. The van der Waals surface area contributed by atoms with Crippen molar-refractivity contribution >= 4 is 0 Å². The molecule has 0 aliphatic heterocycles. The first kappa shape index (κ1) is 13.1. The van der Waals surface area contributed by atoms with Crippen molar-refractivity contribution in [1.82, 2.24) is 19.8 Å². The van der Waals surface area contributed by atoms with Crippen molar-refractivity contribution in [3.05, 3.63) is 70.6 Å². The van der Waals surface area contributed by atoms with Gasteiger partial charge in [0.2, 0.25) is 0 Å². The minimum Gasteiger partial charge on any atom is -0.496 e. The molecule has 0 aliphatic carbocycles. The summed E-state index contributed by atoms with van der Waals surface area (Å²) in [6.07, 6.45) is 0. The minimum absolute atomic E-state index is 0.285. The van der Waals surface area contributed by atoms with Crippen LogP contribution in [0.3, 0.4) is 0 Å². The van der Waals surface area contributed by atoms with Gasteiger partial charge in [-0.1, -0.05) is 36.4 Å². The Morgan fingerprint density at radius 3 is 2.48 bits per heavy atom. The Labute approximate surface area is 121 Å². The van der Waals surface area contributed by atoms with Crippen LogP contribution in [0.1, 0.15) is 5.56 Å². The highest BCUT2D eigenvalue weighted by Gasteiger charge is 2.10. The molecule has 3 aromatic rings. The summed E-state index contributed by atoms with van der Waals surface area (Å²) < 4.78 is 7.86. The number of hydrogen-bond donors (Lipinski definition) is 0. The van der Waals surface area contributed by atoms with E-state index in [1.165, 1.54) is 9.36 Å². The molecule has 106 valence electrons. The van der Waals surface area contributed by atoms with E-state index in [1.807, 2.05) is 54.6 Å². The standard InChI is InChI=1S/C15H14N4O2/c1-21-14-10-6-5-7-12(14)11-18-15(20)19(17-16-18)13-8-3-2-4-9-13/h2-10H,11H2,1H3. The van der Waals surface area contributed by atoms with Crippen LogP contribution in [0.15, 0.2) is 59.4 Å². The van der Waals surface area contributed by atoms with Crippen LogP contribution < -0.4 is 10.4 Å². The number of para-hydroxylation sites is 2. The smallest absolute Gasteiger partial charge is 0.368 e. The molecule has 0 aliphatic rings. The van der Waals surface area contributed by atoms with Gasteiger partial charge in [0.15, 0.2) is 0 Å². The third kappa shape index (κ3) is 2.55. The SMILES string of the molecule is COc1ccccc1Cn1nnn(-c2ccccc2)c1=O. The van der Waals surface area contributed by atoms with E-state index in [4.69, 9.17) is 4.74 Å². The lowest BCUT2D eigenvalue weighted by Crippen LogP contribution is -2.24. The maximum atomic E-state index is 12.3. The number of nitrogens with zero attached hydrogens (tertiary/aromatic N) is 4. The van der Waals surface area contributed by atoms with Crippen molar-refractivity contribution in [3.8, 4) is 11.4 Å². The van der Waals surface area contributed by atoms with E-state index in [-0.39, 0.29) is 5.69 Å². The predicted octanol–water partition coefficient (Wildman–Crippen LogP) is 1.49. The first-order valence-electron chi connectivity index (χ1n) is 6.50. The van der Waals surface area contributed by atoms with E-state index < -0.39 is 0 Å². The second kappa shape index (κ2) is 5.62. The zero-order valence-electron chi connectivity index (χ0n) is 11.5. The highest BCUT2D eigenvalue weighted by atomic mass is 16.5. The molecule has 6 heteroatoms. The van der Waals surface area contributed by atoms with Gasteiger partial charge in [0.05, 0.1) is 19.3 Å². The van der Waals surface area contributed by atoms with Crippen LogP contribution in [0.25, 0.3) is 5.69 Å². The Balaban J connectivity index is 1.95. The van der Waals surface area contributed by atoms with Gasteiger partial charge in [0, 0.05) is 5.56 Å². The molecule has 0 spiro atoms. The van der Waals surface area contributed by atoms with E-state index in [1.54, 1.807) is 7.11 Å². The third-order valence-electron chi connectivity index (χ3n) is 3.15. The molecule has 0 radical (unpaired) electrons. The number of hydrogen-bond acceptors (Lipinski definition) is 4. The fraction of sp³-hybridized carbons (Fsp3) is 0.133. The summed E-state index contributed by atoms with van der Waals surface area (Å²) in [5, 5.41) is 7.84. The highest BCUT2D eigenvalue weighted by molar-refractivity contribution is 5.33. The quantitative estimate of drug-likeness (QED) is 0.727. The van der Waals surface area contributed by atoms with Crippen molar-refractivity contribution in [1.29, 1.82) is 0 Å². The van der Waals surface area contributed by atoms with E-state index >= 15 is 0 Å². The lowest BCUT2D eigenvalue weighted by molar-refractivity contribution is 0.406. The summed E-state index contributed by atoms with van der Waals surface area (Å²) in [5.41, 5.74) is 1.28. The van der Waals surface area contributed by atoms with Crippen molar-refractivity contribution in [2.75, 3.05) is 7.11 Å². The van der Waals surface area contributed by atoms with Gasteiger partial charge in [-0.05, 0) is 28.6 Å². The van der Waals surface area contributed by atoms with E-state index in [2.05, 4.69) is 10.4 Å². The van der Waals surface area contributed by atoms with E-state index in [9.17, 15) is 4.79 Å². The average Bonchev–Trinajstić information content (AvgIpc) is 2.90. The van der Waals surface area contributed by atoms with Crippen LogP contribution in [-0.4, -0.2) is 26.9 Å². The first-order chi connectivity index (χ1) is 10.3. The van der Waals surface area contributed by atoms with Crippen LogP contribution in [-0.2, 0) is 6.54 Å². The predicted molar refractivity (Wildman–Crippen MR) is 77.7 cm³/mol. The molecule has 3 rings (SSSR count). The van der Waals surface area contributed by atoms with Gasteiger partial charge in [0.1, 0.15) is 5.75 Å².